The molecule has 0 aliphatic carbocycles. The number of piperidine rings is 1. The number of nitrogens with zero attached hydrogens (tertiary/aromatic N) is 1. The fourth-order valence-electron chi connectivity index (χ4n) is 2.48. The van der Waals surface area contributed by atoms with Crippen molar-refractivity contribution in [1.29, 1.82) is 0 Å². The largest absolute Gasteiger partial charge is 0.328 e. The molecule has 20 heavy (non-hydrogen) atoms. The summed E-state index contributed by atoms with van der Waals surface area (Å²) in [4.78, 5) is 2.51. The SMILES string of the molecule is CC(C)(C)c1ccc(CN2CCC(N)CC2)cc1.Cl.Cl. The fourth-order valence-corrected chi connectivity index (χ4v) is 2.48. The van der Waals surface area contributed by atoms with E-state index in [1.807, 2.05) is 0 Å². The summed E-state index contributed by atoms with van der Waals surface area (Å²) < 4.78 is 0. The number of hydrogen-bond donors (Lipinski definition) is 1. The van der Waals surface area contributed by atoms with Crippen molar-refractivity contribution in [1.82, 2.24) is 4.90 Å². The second kappa shape index (κ2) is 8.23. The molecule has 0 saturated carbocycles. The van der Waals surface area contributed by atoms with E-state index in [4.69, 9.17) is 5.73 Å². The summed E-state index contributed by atoms with van der Waals surface area (Å²) in [6.45, 7) is 10.1. The molecule has 4 heteroatoms. The lowest BCUT2D eigenvalue weighted by Crippen LogP contribution is -2.39. The van der Waals surface area contributed by atoms with Crippen molar-refractivity contribution in [3.05, 3.63) is 35.4 Å². The van der Waals surface area contributed by atoms with Gasteiger partial charge in [0.1, 0.15) is 0 Å². The van der Waals surface area contributed by atoms with Gasteiger partial charge in [-0.25, -0.2) is 0 Å². The highest BCUT2D eigenvalue weighted by atomic mass is 35.5. The normalized spacial score (nSPS) is 17.2. The maximum atomic E-state index is 5.93. The predicted molar refractivity (Wildman–Crippen MR) is 92.1 cm³/mol. The van der Waals surface area contributed by atoms with Crippen molar-refractivity contribution in [3.63, 3.8) is 0 Å². The number of nitrogens with two attached hydrogens (primary N) is 1. The Morgan fingerprint density at radius 1 is 1.05 bits per heavy atom. The zero-order chi connectivity index (χ0) is 13.2. The summed E-state index contributed by atoms with van der Waals surface area (Å²) >= 11 is 0. The van der Waals surface area contributed by atoms with Gasteiger partial charge in [0, 0.05) is 12.6 Å². The quantitative estimate of drug-likeness (QED) is 0.899. The van der Waals surface area contributed by atoms with Crippen LogP contribution in [0.2, 0.25) is 0 Å². The molecular weight excluding hydrogens is 291 g/mol. The minimum atomic E-state index is 0. The Labute approximate surface area is 135 Å². The average molecular weight is 319 g/mol. The Kier molecular flexibility index (Phi) is 8.12. The van der Waals surface area contributed by atoms with Crippen LogP contribution < -0.4 is 5.73 Å². The van der Waals surface area contributed by atoms with Gasteiger partial charge in [-0.15, -0.1) is 24.8 Å². The van der Waals surface area contributed by atoms with E-state index >= 15 is 0 Å². The summed E-state index contributed by atoms with van der Waals surface area (Å²) in [5, 5.41) is 0. The summed E-state index contributed by atoms with van der Waals surface area (Å²) in [5.74, 6) is 0. The molecule has 0 unspecified atom stereocenters. The molecule has 0 radical (unpaired) electrons. The molecule has 1 fully saturated rings. The molecule has 0 bridgehead atoms. The molecular formula is C16H28Cl2N2. The van der Waals surface area contributed by atoms with E-state index in [0.717, 1.165) is 32.5 Å². The molecule has 1 aliphatic rings. The molecule has 2 rings (SSSR count). The van der Waals surface area contributed by atoms with Crippen LogP contribution in [-0.2, 0) is 12.0 Å². The third-order valence-corrected chi connectivity index (χ3v) is 3.86. The van der Waals surface area contributed by atoms with Crippen molar-refractivity contribution in [3.8, 4) is 0 Å². The highest BCUT2D eigenvalue weighted by Crippen LogP contribution is 2.22. The number of rotatable bonds is 2. The molecule has 0 spiro atoms. The summed E-state index contributed by atoms with van der Waals surface area (Å²) in [6, 6.07) is 9.50. The molecule has 2 N–H and O–H groups in total. The third-order valence-electron chi connectivity index (χ3n) is 3.86. The van der Waals surface area contributed by atoms with Crippen LogP contribution in [0.25, 0.3) is 0 Å². The lowest BCUT2D eigenvalue weighted by Gasteiger charge is -2.30. The highest BCUT2D eigenvalue weighted by Gasteiger charge is 2.17. The molecule has 2 nitrogen and oxygen atoms in total. The van der Waals surface area contributed by atoms with Crippen molar-refractivity contribution in [2.75, 3.05) is 13.1 Å². The van der Waals surface area contributed by atoms with Crippen LogP contribution in [0.15, 0.2) is 24.3 Å². The van der Waals surface area contributed by atoms with Crippen LogP contribution in [0.4, 0.5) is 0 Å². The lowest BCUT2D eigenvalue weighted by atomic mass is 9.86. The van der Waals surface area contributed by atoms with Crippen LogP contribution in [-0.4, -0.2) is 24.0 Å². The maximum absolute atomic E-state index is 5.93. The molecule has 116 valence electrons. The van der Waals surface area contributed by atoms with Crippen molar-refractivity contribution >= 4 is 24.8 Å². The van der Waals surface area contributed by atoms with Gasteiger partial charge in [-0.2, -0.15) is 0 Å². The minimum Gasteiger partial charge on any atom is -0.328 e. The van der Waals surface area contributed by atoms with Crippen LogP contribution in [0, 0.1) is 0 Å². The molecule has 0 atom stereocenters. The van der Waals surface area contributed by atoms with Gasteiger partial charge in [0.05, 0.1) is 0 Å². The van der Waals surface area contributed by atoms with Crippen molar-refractivity contribution < 1.29 is 0 Å². The summed E-state index contributed by atoms with van der Waals surface area (Å²) in [5.41, 5.74) is 9.00. The first-order chi connectivity index (χ1) is 8.45. The standard InChI is InChI=1S/C16H26N2.2ClH/c1-16(2,3)14-6-4-13(5-7-14)12-18-10-8-15(17)9-11-18;;/h4-7,15H,8-12,17H2,1-3H3;2*1H. The first-order valence-electron chi connectivity index (χ1n) is 7.02. The number of likely N-dealkylation sites (tertiary alicyclic amines) is 1. The Balaban J connectivity index is 0.00000180. The van der Waals surface area contributed by atoms with Gasteiger partial charge >= 0.3 is 0 Å². The molecule has 1 aromatic carbocycles. The first kappa shape index (κ1) is 19.7. The van der Waals surface area contributed by atoms with Crippen LogP contribution >= 0.6 is 24.8 Å². The topological polar surface area (TPSA) is 29.3 Å². The fraction of sp³-hybridized carbons (Fsp3) is 0.625. The lowest BCUT2D eigenvalue weighted by molar-refractivity contribution is 0.205. The van der Waals surface area contributed by atoms with Crippen LogP contribution in [0.5, 0.6) is 0 Å². The van der Waals surface area contributed by atoms with Crippen molar-refractivity contribution in [2.45, 2.75) is 51.6 Å². The van der Waals surface area contributed by atoms with E-state index in [0.29, 0.717) is 6.04 Å². The minimum absolute atomic E-state index is 0. The van der Waals surface area contributed by atoms with Gasteiger partial charge in [0.25, 0.3) is 0 Å². The second-order valence-corrected chi connectivity index (χ2v) is 6.56. The maximum Gasteiger partial charge on any atom is 0.0233 e. The van der Waals surface area contributed by atoms with Gasteiger partial charge in [-0.3, -0.25) is 4.90 Å². The molecule has 1 heterocycles. The van der Waals surface area contributed by atoms with Crippen LogP contribution in [0.1, 0.15) is 44.7 Å². The van der Waals surface area contributed by atoms with Gasteiger partial charge in [0.2, 0.25) is 0 Å². The Morgan fingerprint density at radius 2 is 1.55 bits per heavy atom. The number of benzene rings is 1. The monoisotopic (exact) mass is 318 g/mol. The van der Waals surface area contributed by atoms with E-state index in [1.54, 1.807) is 0 Å². The van der Waals surface area contributed by atoms with Crippen LogP contribution in [0.3, 0.4) is 0 Å². The Bertz CT molecular complexity index is 376. The number of hydrogen-bond acceptors (Lipinski definition) is 2. The summed E-state index contributed by atoms with van der Waals surface area (Å²) in [6.07, 6.45) is 2.28. The molecule has 1 saturated heterocycles. The Morgan fingerprint density at radius 3 is 2.00 bits per heavy atom. The summed E-state index contributed by atoms with van der Waals surface area (Å²) in [7, 11) is 0. The zero-order valence-corrected chi connectivity index (χ0v) is 14.4. The average Bonchev–Trinajstić information content (AvgIpc) is 2.32. The predicted octanol–water partition coefficient (Wildman–Crippen LogP) is 3.75. The van der Waals surface area contributed by atoms with Gasteiger partial charge in [-0.1, -0.05) is 45.0 Å². The zero-order valence-electron chi connectivity index (χ0n) is 12.8. The highest BCUT2D eigenvalue weighted by molar-refractivity contribution is 5.85. The third kappa shape index (κ3) is 5.61. The smallest absolute Gasteiger partial charge is 0.0233 e. The van der Waals surface area contributed by atoms with Gasteiger partial charge < -0.3 is 5.73 Å². The second-order valence-electron chi connectivity index (χ2n) is 6.56. The van der Waals surface area contributed by atoms with E-state index in [-0.39, 0.29) is 30.2 Å². The molecule has 0 amide bonds. The van der Waals surface area contributed by atoms with Crippen molar-refractivity contribution in [2.24, 2.45) is 5.73 Å². The van der Waals surface area contributed by atoms with Gasteiger partial charge in [-0.05, 0) is 42.5 Å². The van der Waals surface area contributed by atoms with E-state index in [1.165, 1.54) is 11.1 Å². The van der Waals surface area contributed by atoms with E-state index in [2.05, 4.69) is 49.9 Å². The van der Waals surface area contributed by atoms with Gasteiger partial charge in [0.15, 0.2) is 0 Å². The van der Waals surface area contributed by atoms with E-state index in [9.17, 15) is 0 Å². The van der Waals surface area contributed by atoms with E-state index < -0.39 is 0 Å². The molecule has 1 aliphatic heterocycles. The number of halogens is 2. The first-order valence-corrected chi connectivity index (χ1v) is 7.02. The molecule has 1 aromatic rings. The Hall–Kier alpha value is -0.280. The molecule has 0 aromatic heterocycles.